The molecular weight excluding hydrogens is 285 g/mol. The molecule has 3 heteroatoms. The molecule has 3 rings (SSSR count). The standard InChI is InChI=1S/C18H19ClFN/c1-21-18(15-9-10-16(19)17(20)11-15)14-7-5-13(6-8-14)12-3-2-4-12/h5-12,18,21H,2-4H2,1H3. The first-order chi connectivity index (χ1) is 10.2. The number of benzene rings is 2. The summed E-state index contributed by atoms with van der Waals surface area (Å²) in [6.45, 7) is 0. The lowest BCUT2D eigenvalue weighted by Crippen LogP contribution is -2.18. The van der Waals surface area contributed by atoms with E-state index in [0.717, 1.165) is 17.0 Å². The predicted molar refractivity (Wildman–Crippen MR) is 85.3 cm³/mol. The fraction of sp³-hybridized carbons (Fsp3) is 0.333. The van der Waals surface area contributed by atoms with Crippen molar-refractivity contribution >= 4 is 11.6 Å². The molecule has 0 aliphatic heterocycles. The fourth-order valence-corrected chi connectivity index (χ4v) is 3.04. The third kappa shape index (κ3) is 2.97. The molecule has 2 aromatic rings. The number of hydrogen-bond acceptors (Lipinski definition) is 1. The van der Waals surface area contributed by atoms with Crippen LogP contribution in [-0.4, -0.2) is 7.05 Å². The Hall–Kier alpha value is -1.38. The Balaban J connectivity index is 1.86. The molecule has 2 aromatic carbocycles. The molecule has 1 aliphatic carbocycles. The van der Waals surface area contributed by atoms with Gasteiger partial charge in [-0.2, -0.15) is 0 Å². The molecule has 21 heavy (non-hydrogen) atoms. The molecule has 1 aliphatic rings. The Morgan fingerprint density at radius 3 is 2.29 bits per heavy atom. The maximum Gasteiger partial charge on any atom is 0.142 e. The van der Waals surface area contributed by atoms with Gasteiger partial charge in [0.25, 0.3) is 0 Å². The minimum atomic E-state index is -0.375. The van der Waals surface area contributed by atoms with E-state index >= 15 is 0 Å². The quantitative estimate of drug-likeness (QED) is 0.833. The van der Waals surface area contributed by atoms with Crippen LogP contribution in [-0.2, 0) is 0 Å². The number of nitrogens with one attached hydrogen (secondary N) is 1. The van der Waals surface area contributed by atoms with Crippen molar-refractivity contribution in [2.45, 2.75) is 31.2 Å². The van der Waals surface area contributed by atoms with Gasteiger partial charge in [-0.1, -0.05) is 48.4 Å². The highest BCUT2D eigenvalue weighted by molar-refractivity contribution is 6.30. The van der Waals surface area contributed by atoms with Crippen LogP contribution < -0.4 is 5.32 Å². The topological polar surface area (TPSA) is 12.0 Å². The van der Waals surface area contributed by atoms with Crippen molar-refractivity contribution in [2.75, 3.05) is 7.05 Å². The van der Waals surface area contributed by atoms with Crippen LogP contribution in [0.5, 0.6) is 0 Å². The first-order valence-electron chi connectivity index (χ1n) is 7.41. The maximum atomic E-state index is 13.7. The molecule has 0 heterocycles. The lowest BCUT2D eigenvalue weighted by molar-refractivity contribution is 0.419. The van der Waals surface area contributed by atoms with Gasteiger partial charge in [-0.3, -0.25) is 0 Å². The normalized spacial score (nSPS) is 16.5. The summed E-state index contributed by atoms with van der Waals surface area (Å²) in [6.07, 6.45) is 3.95. The third-order valence-corrected chi connectivity index (χ3v) is 4.72. The van der Waals surface area contributed by atoms with Gasteiger partial charge >= 0.3 is 0 Å². The molecule has 110 valence electrons. The monoisotopic (exact) mass is 303 g/mol. The van der Waals surface area contributed by atoms with Gasteiger partial charge < -0.3 is 5.32 Å². The molecule has 1 unspecified atom stereocenters. The van der Waals surface area contributed by atoms with E-state index in [2.05, 4.69) is 29.6 Å². The Morgan fingerprint density at radius 2 is 1.76 bits per heavy atom. The Bertz CT molecular complexity index is 620. The van der Waals surface area contributed by atoms with Gasteiger partial charge in [0, 0.05) is 0 Å². The minimum Gasteiger partial charge on any atom is -0.309 e. The Morgan fingerprint density at radius 1 is 1.10 bits per heavy atom. The van der Waals surface area contributed by atoms with Crippen molar-refractivity contribution in [3.8, 4) is 0 Å². The van der Waals surface area contributed by atoms with Crippen molar-refractivity contribution in [3.63, 3.8) is 0 Å². The molecule has 1 fully saturated rings. The molecule has 1 nitrogen and oxygen atoms in total. The van der Waals surface area contributed by atoms with Crippen LogP contribution in [0.4, 0.5) is 4.39 Å². The fourth-order valence-electron chi connectivity index (χ4n) is 2.92. The highest BCUT2D eigenvalue weighted by Gasteiger charge is 2.20. The number of rotatable bonds is 4. The van der Waals surface area contributed by atoms with Gasteiger partial charge in [-0.25, -0.2) is 4.39 Å². The average Bonchev–Trinajstić information content (AvgIpc) is 2.43. The van der Waals surface area contributed by atoms with E-state index in [1.54, 1.807) is 6.07 Å². The van der Waals surface area contributed by atoms with Gasteiger partial charge in [0.1, 0.15) is 5.82 Å². The van der Waals surface area contributed by atoms with E-state index in [4.69, 9.17) is 11.6 Å². The zero-order valence-corrected chi connectivity index (χ0v) is 12.8. The molecule has 0 saturated heterocycles. The molecule has 1 atom stereocenters. The van der Waals surface area contributed by atoms with Crippen molar-refractivity contribution < 1.29 is 4.39 Å². The van der Waals surface area contributed by atoms with Crippen molar-refractivity contribution in [2.24, 2.45) is 0 Å². The van der Waals surface area contributed by atoms with Gasteiger partial charge in [0.05, 0.1) is 11.1 Å². The van der Waals surface area contributed by atoms with Gasteiger partial charge in [0.15, 0.2) is 0 Å². The van der Waals surface area contributed by atoms with Gasteiger partial charge in [-0.15, -0.1) is 0 Å². The summed E-state index contributed by atoms with van der Waals surface area (Å²) in [4.78, 5) is 0. The lowest BCUT2D eigenvalue weighted by atomic mass is 9.79. The van der Waals surface area contributed by atoms with Gasteiger partial charge in [0.2, 0.25) is 0 Å². The van der Waals surface area contributed by atoms with E-state index in [1.165, 1.54) is 30.9 Å². The Kier molecular flexibility index (Phi) is 4.27. The van der Waals surface area contributed by atoms with Crippen LogP contribution >= 0.6 is 11.6 Å². The molecule has 0 amide bonds. The molecule has 1 N–H and O–H groups in total. The van der Waals surface area contributed by atoms with E-state index in [-0.39, 0.29) is 16.9 Å². The smallest absolute Gasteiger partial charge is 0.142 e. The average molecular weight is 304 g/mol. The van der Waals surface area contributed by atoms with Crippen molar-refractivity contribution in [1.82, 2.24) is 5.32 Å². The van der Waals surface area contributed by atoms with E-state index in [1.807, 2.05) is 13.1 Å². The van der Waals surface area contributed by atoms with Crippen molar-refractivity contribution in [3.05, 3.63) is 70.0 Å². The number of halogens is 2. The summed E-state index contributed by atoms with van der Waals surface area (Å²) in [5.41, 5.74) is 3.44. The summed E-state index contributed by atoms with van der Waals surface area (Å²) < 4.78 is 13.7. The molecule has 0 radical (unpaired) electrons. The minimum absolute atomic E-state index is 0.0211. The Labute approximate surface area is 130 Å². The van der Waals surface area contributed by atoms with E-state index in [9.17, 15) is 4.39 Å². The largest absolute Gasteiger partial charge is 0.309 e. The van der Waals surface area contributed by atoms with Crippen molar-refractivity contribution in [1.29, 1.82) is 0 Å². The SMILES string of the molecule is CNC(c1ccc(C2CCC2)cc1)c1ccc(Cl)c(F)c1. The van der Waals surface area contributed by atoms with Crippen LogP contribution in [0.2, 0.25) is 5.02 Å². The van der Waals surface area contributed by atoms with Gasteiger partial charge in [-0.05, 0) is 54.6 Å². The molecular formula is C18H19ClFN. The summed E-state index contributed by atoms with van der Waals surface area (Å²) in [6, 6.07) is 13.6. The molecule has 0 spiro atoms. The van der Waals surface area contributed by atoms with Crippen LogP contribution in [0, 0.1) is 5.82 Å². The third-order valence-electron chi connectivity index (χ3n) is 4.41. The van der Waals surface area contributed by atoms with Crippen LogP contribution in [0.15, 0.2) is 42.5 Å². The highest BCUT2D eigenvalue weighted by Crippen LogP contribution is 2.36. The number of hydrogen-bond donors (Lipinski definition) is 1. The second kappa shape index (κ2) is 6.17. The highest BCUT2D eigenvalue weighted by atomic mass is 35.5. The lowest BCUT2D eigenvalue weighted by Gasteiger charge is -2.26. The predicted octanol–water partition coefficient (Wildman–Crippen LogP) is 5.06. The first kappa shape index (κ1) is 14.6. The second-order valence-corrected chi connectivity index (χ2v) is 6.10. The molecule has 0 aromatic heterocycles. The van der Waals surface area contributed by atoms with Crippen LogP contribution in [0.25, 0.3) is 0 Å². The zero-order valence-electron chi connectivity index (χ0n) is 12.1. The molecule has 0 bridgehead atoms. The molecule has 1 saturated carbocycles. The van der Waals surface area contributed by atoms with E-state index < -0.39 is 0 Å². The van der Waals surface area contributed by atoms with Crippen LogP contribution in [0.3, 0.4) is 0 Å². The van der Waals surface area contributed by atoms with Crippen LogP contribution in [0.1, 0.15) is 47.9 Å². The zero-order chi connectivity index (χ0) is 14.8. The first-order valence-corrected chi connectivity index (χ1v) is 7.79. The second-order valence-electron chi connectivity index (χ2n) is 5.69. The van der Waals surface area contributed by atoms with E-state index in [0.29, 0.717) is 0 Å². The summed E-state index contributed by atoms with van der Waals surface area (Å²) >= 11 is 5.76. The summed E-state index contributed by atoms with van der Waals surface area (Å²) in [5.74, 6) is 0.362. The summed E-state index contributed by atoms with van der Waals surface area (Å²) in [5, 5.41) is 3.41. The summed E-state index contributed by atoms with van der Waals surface area (Å²) in [7, 11) is 1.89. The maximum absolute atomic E-state index is 13.7.